The molecule has 1 amide bonds. The van der Waals surface area contributed by atoms with E-state index < -0.39 is 5.79 Å². The van der Waals surface area contributed by atoms with Crippen LogP contribution in [0.4, 0.5) is 0 Å². The molecule has 2 fully saturated rings. The molecule has 0 spiro atoms. The van der Waals surface area contributed by atoms with Crippen molar-refractivity contribution in [3.8, 4) is 0 Å². The van der Waals surface area contributed by atoms with Crippen LogP contribution in [0.2, 0.25) is 0 Å². The summed E-state index contributed by atoms with van der Waals surface area (Å²) in [5.74, 6) is -0.932. The lowest BCUT2D eigenvalue weighted by molar-refractivity contribution is -0.263. The van der Waals surface area contributed by atoms with E-state index in [4.69, 9.17) is 24.1 Å². The fourth-order valence-electron chi connectivity index (χ4n) is 3.77. The first-order valence-electron chi connectivity index (χ1n) is 9.63. The highest BCUT2D eigenvalue weighted by Crippen LogP contribution is 2.38. The Morgan fingerprint density at radius 1 is 1.41 bits per heavy atom. The van der Waals surface area contributed by atoms with E-state index in [2.05, 4.69) is 32.7 Å². The number of methoxy groups -OCH3 is 1. The quantitative estimate of drug-likeness (QED) is 0.515. The van der Waals surface area contributed by atoms with Gasteiger partial charge < -0.3 is 29.4 Å². The number of rotatable bonds is 7. The summed E-state index contributed by atoms with van der Waals surface area (Å²) >= 11 is 0. The van der Waals surface area contributed by atoms with Crippen LogP contribution in [0.5, 0.6) is 0 Å². The summed E-state index contributed by atoms with van der Waals surface area (Å²) in [5, 5.41) is 12.0. The van der Waals surface area contributed by atoms with Crippen LogP contribution in [0.15, 0.2) is 12.2 Å². The Hall–Kier alpha value is -0.990. The molecule has 7 heteroatoms. The average molecular weight is 386 g/mol. The van der Waals surface area contributed by atoms with E-state index in [0.29, 0.717) is 19.6 Å². The van der Waals surface area contributed by atoms with Gasteiger partial charge in [-0.3, -0.25) is 4.79 Å². The molecular formula is C20H35NO6. The van der Waals surface area contributed by atoms with Crippen molar-refractivity contribution in [1.29, 1.82) is 0 Å². The number of hydrogen-bond acceptors (Lipinski definition) is 6. The van der Waals surface area contributed by atoms with Crippen molar-refractivity contribution in [2.75, 3.05) is 27.1 Å². The van der Waals surface area contributed by atoms with E-state index in [1.165, 1.54) is 0 Å². The Morgan fingerprint density at radius 2 is 2.11 bits per heavy atom. The van der Waals surface area contributed by atoms with E-state index in [1.54, 1.807) is 7.11 Å². The predicted octanol–water partition coefficient (Wildman–Crippen LogP) is 1.99. The minimum absolute atomic E-state index is 0.0242. The molecule has 2 aliphatic heterocycles. The highest BCUT2D eigenvalue weighted by atomic mass is 16.7. The van der Waals surface area contributed by atoms with Crippen LogP contribution in [0, 0.1) is 11.3 Å². The van der Waals surface area contributed by atoms with Crippen LogP contribution >= 0.6 is 0 Å². The molecule has 0 aliphatic carbocycles. The van der Waals surface area contributed by atoms with E-state index in [1.807, 2.05) is 6.92 Å². The molecule has 2 aliphatic rings. The summed E-state index contributed by atoms with van der Waals surface area (Å²) in [7, 11) is 1.56. The number of ether oxygens (including phenoxy) is 4. The molecule has 156 valence electrons. The molecule has 0 saturated carbocycles. The van der Waals surface area contributed by atoms with E-state index >= 15 is 0 Å². The molecular weight excluding hydrogens is 350 g/mol. The number of amides is 1. The molecule has 27 heavy (non-hydrogen) atoms. The molecule has 2 rings (SSSR count). The first-order chi connectivity index (χ1) is 12.6. The lowest BCUT2D eigenvalue weighted by Crippen LogP contribution is -2.51. The van der Waals surface area contributed by atoms with Crippen molar-refractivity contribution in [3.05, 3.63) is 12.2 Å². The summed E-state index contributed by atoms with van der Waals surface area (Å²) in [4.78, 5) is 12.6. The fourth-order valence-corrected chi connectivity index (χ4v) is 3.77. The Bertz CT molecular complexity index is 537. The zero-order chi connectivity index (χ0) is 20.2. The normalized spacial score (nSPS) is 36.4. The van der Waals surface area contributed by atoms with Gasteiger partial charge in [0.25, 0.3) is 0 Å². The first kappa shape index (κ1) is 22.3. The van der Waals surface area contributed by atoms with Gasteiger partial charge in [0.2, 0.25) is 5.91 Å². The van der Waals surface area contributed by atoms with Gasteiger partial charge in [-0.05, 0) is 18.8 Å². The first-order valence-corrected chi connectivity index (χ1v) is 9.63. The number of hydrogen-bond donors (Lipinski definition) is 2. The van der Waals surface area contributed by atoms with Crippen molar-refractivity contribution >= 4 is 5.91 Å². The zero-order valence-electron chi connectivity index (χ0n) is 17.2. The van der Waals surface area contributed by atoms with Gasteiger partial charge in [-0.25, -0.2) is 0 Å². The Balaban J connectivity index is 1.91. The molecule has 3 unspecified atom stereocenters. The highest BCUT2D eigenvalue weighted by Gasteiger charge is 2.43. The predicted molar refractivity (Wildman–Crippen MR) is 101 cm³/mol. The molecule has 2 N–H and O–H groups in total. The second kappa shape index (κ2) is 9.01. The van der Waals surface area contributed by atoms with Gasteiger partial charge in [-0.15, -0.1) is 0 Å². The lowest BCUT2D eigenvalue weighted by atomic mass is 9.83. The zero-order valence-corrected chi connectivity index (χ0v) is 17.2. The van der Waals surface area contributed by atoms with Gasteiger partial charge in [0.1, 0.15) is 12.9 Å². The minimum atomic E-state index is -0.983. The van der Waals surface area contributed by atoms with Crippen LogP contribution in [-0.4, -0.2) is 62.2 Å². The molecule has 0 aromatic rings. The molecule has 0 bridgehead atoms. The summed E-state index contributed by atoms with van der Waals surface area (Å²) in [6.07, 6.45) is 0.714. The van der Waals surface area contributed by atoms with Crippen LogP contribution < -0.4 is 5.32 Å². The minimum Gasteiger partial charge on any atom is -0.373 e. The third-order valence-electron chi connectivity index (χ3n) is 5.69. The smallest absolute Gasteiger partial charge is 0.225 e. The number of carbonyl (C=O) groups is 1. The second-order valence-corrected chi connectivity index (χ2v) is 8.59. The van der Waals surface area contributed by atoms with E-state index in [0.717, 1.165) is 12.0 Å². The molecule has 0 aromatic carbocycles. The lowest BCUT2D eigenvalue weighted by Gasteiger charge is -2.43. The van der Waals surface area contributed by atoms with Crippen LogP contribution in [0.3, 0.4) is 0 Å². The summed E-state index contributed by atoms with van der Waals surface area (Å²) < 4.78 is 22.9. The number of nitrogens with one attached hydrogen (secondary N) is 1. The molecule has 2 heterocycles. The van der Waals surface area contributed by atoms with Gasteiger partial charge in [-0.1, -0.05) is 32.9 Å². The van der Waals surface area contributed by atoms with Crippen LogP contribution in [0.1, 0.15) is 47.0 Å². The summed E-state index contributed by atoms with van der Waals surface area (Å²) in [6.45, 7) is 12.8. The Kier molecular flexibility index (Phi) is 7.44. The van der Waals surface area contributed by atoms with Crippen molar-refractivity contribution < 1.29 is 28.8 Å². The van der Waals surface area contributed by atoms with Crippen LogP contribution in [-0.2, 0) is 23.7 Å². The maximum absolute atomic E-state index is 12.6. The van der Waals surface area contributed by atoms with Crippen molar-refractivity contribution in [3.63, 3.8) is 0 Å². The Labute approximate surface area is 162 Å². The van der Waals surface area contributed by atoms with Crippen LogP contribution in [0.25, 0.3) is 0 Å². The van der Waals surface area contributed by atoms with E-state index in [-0.39, 0.29) is 48.8 Å². The molecule has 2 saturated heterocycles. The van der Waals surface area contributed by atoms with Gasteiger partial charge in [0, 0.05) is 26.0 Å². The van der Waals surface area contributed by atoms with E-state index in [9.17, 15) is 4.79 Å². The maximum atomic E-state index is 12.6. The monoisotopic (exact) mass is 385 g/mol. The standard InChI is InChI=1S/C20H35NO6/c1-13-7-20(24-6,27-15(3)14(13)2)9-18(23)21-10-17-16(26-12-22)8-19(4,5)11-25-17/h14-17,22H,1,7-12H2,2-6H3,(H,21,23)/t14?,15?,16-,17?,20-/m1/s1. The van der Waals surface area contributed by atoms with Gasteiger partial charge in [0.05, 0.1) is 25.2 Å². The van der Waals surface area contributed by atoms with Crippen molar-refractivity contribution in [1.82, 2.24) is 5.32 Å². The topological polar surface area (TPSA) is 86.3 Å². The SMILES string of the molecule is C=C1C[C@@](CC(=O)NCC2OCC(C)(C)C[C@H]2OCO)(OC)OC(C)C1C. The maximum Gasteiger partial charge on any atom is 0.225 e. The third-order valence-corrected chi connectivity index (χ3v) is 5.69. The molecule has 7 nitrogen and oxygen atoms in total. The largest absolute Gasteiger partial charge is 0.373 e. The van der Waals surface area contributed by atoms with Crippen molar-refractivity contribution in [2.24, 2.45) is 11.3 Å². The number of aliphatic hydroxyl groups excluding tert-OH is 1. The number of aliphatic hydroxyl groups is 1. The van der Waals surface area contributed by atoms with Gasteiger partial charge in [-0.2, -0.15) is 0 Å². The molecule has 0 radical (unpaired) electrons. The Morgan fingerprint density at radius 3 is 2.70 bits per heavy atom. The summed E-state index contributed by atoms with van der Waals surface area (Å²) in [5.41, 5.74) is 1.00. The average Bonchev–Trinajstić information content (AvgIpc) is 2.58. The highest BCUT2D eigenvalue weighted by molar-refractivity contribution is 5.77. The van der Waals surface area contributed by atoms with Gasteiger partial charge >= 0.3 is 0 Å². The van der Waals surface area contributed by atoms with Crippen molar-refractivity contribution in [2.45, 2.75) is 71.1 Å². The second-order valence-electron chi connectivity index (χ2n) is 8.59. The molecule has 5 atom stereocenters. The number of carbonyl (C=O) groups excluding carboxylic acids is 1. The fraction of sp³-hybridized carbons (Fsp3) is 0.850. The molecule has 0 aromatic heterocycles. The van der Waals surface area contributed by atoms with Gasteiger partial charge in [0.15, 0.2) is 5.79 Å². The summed E-state index contributed by atoms with van der Waals surface area (Å²) in [6, 6.07) is 0. The third kappa shape index (κ3) is 5.74.